The molecule has 0 amide bonds. The maximum atomic E-state index is 5.77. The summed E-state index contributed by atoms with van der Waals surface area (Å²) >= 11 is 0. The van der Waals surface area contributed by atoms with Crippen LogP contribution in [0.4, 0.5) is 11.5 Å². The van der Waals surface area contributed by atoms with Crippen molar-refractivity contribution in [1.29, 1.82) is 0 Å². The SMILES string of the molecule is CN1CCOCCc2c1cnnc2N. The summed E-state index contributed by atoms with van der Waals surface area (Å²) in [6.07, 6.45) is 2.57. The molecule has 0 unspecified atom stereocenters. The Bertz CT molecular complexity index is 329. The maximum absolute atomic E-state index is 5.77. The number of fused-ring (bicyclic) bond motifs is 1. The molecule has 2 N–H and O–H groups in total. The molecule has 2 heterocycles. The molecule has 0 bridgehead atoms. The second-order valence-corrected chi connectivity index (χ2v) is 3.38. The van der Waals surface area contributed by atoms with Crippen LogP contribution < -0.4 is 10.6 Å². The van der Waals surface area contributed by atoms with Gasteiger partial charge < -0.3 is 15.4 Å². The van der Waals surface area contributed by atoms with Crippen LogP contribution in [0.2, 0.25) is 0 Å². The van der Waals surface area contributed by atoms with E-state index in [1.807, 2.05) is 7.05 Å². The highest BCUT2D eigenvalue weighted by molar-refractivity contribution is 5.59. The molecule has 1 aromatic heterocycles. The van der Waals surface area contributed by atoms with Gasteiger partial charge in [-0.3, -0.25) is 0 Å². The monoisotopic (exact) mass is 194 g/mol. The Morgan fingerprint density at radius 1 is 1.50 bits per heavy atom. The van der Waals surface area contributed by atoms with Gasteiger partial charge in [0.15, 0.2) is 5.82 Å². The molecule has 14 heavy (non-hydrogen) atoms. The van der Waals surface area contributed by atoms with Crippen molar-refractivity contribution in [2.45, 2.75) is 6.42 Å². The highest BCUT2D eigenvalue weighted by Gasteiger charge is 2.14. The van der Waals surface area contributed by atoms with Crippen molar-refractivity contribution in [1.82, 2.24) is 10.2 Å². The summed E-state index contributed by atoms with van der Waals surface area (Å²) in [5, 5.41) is 7.71. The van der Waals surface area contributed by atoms with Crippen molar-refractivity contribution < 1.29 is 4.74 Å². The largest absolute Gasteiger partial charge is 0.382 e. The Labute approximate surface area is 82.9 Å². The summed E-state index contributed by atoms with van der Waals surface area (Å²) in [4.78, 5) is 2.10. The molecule has 0 atom stereocenters. The summed E-state index contributed by atoms with van der Waals surface area (Å²) in [6.45, 7) is 2.31. The van der Waals surface area contributed by atoms with E-state index in [2.05, 4.69) is 15.1 Å². The molecule has 0 fully saturated rings. The van der Waals surface area contributed by atoms with E-state index in [1.54, 1.807) is 6.20 Å². The fourth-order valence-corrected chi connectivity index (χ4v) is 1.60. The van der Waals surface area contributed by atoms with Gasteiger partial charge >= 0.3 is 0 Å². The molecule has 5 nitrogen and oxygen atoms in total. The number of hydrogen-bond donors (Lipinski definition) is 1. The van der Waals surface area contributed by atoms with Crippen LogP contribution in [0, 0.1) is 0 Å². The van der Waals surface area contributed by atoms with E-state index >= 15 is 0 Å². The lowest BCUT2D eigenvalue weighted by Crippen LogP contribution is -2.27. The number of likely N-dealkylation sites (N-methyl/N-ethyl adjacent to an activating group) is 1. The fourth-order valence-electron chi connectivity index (χ4n) is 1.60. The minimum atomic E-state index is 0.514. The van der Waals surface area contributed by atoms with Crippen LogP contribution >= 0.6 is 0 Å². The van der Waals surface area contributed by atoms with Gasteiger partial charge in [-0.25, -0.2) is 0 Å². The second-order valence-electron chi connectivity index (χ2n) is 3.38. The number of nitrogens with two attached hydrogens (primary N) is 1. The van der Waals surface area contributed by atoms with Gasteiger partial charge in [-0.1, -0.05) is 0 Å². The summed E-state index contributed by atoms with van der Waals surface area (Å²) in [7, 11) is 2.01. The first-order valence-corrected chi connectivity index (χ1v) is 4.68. The molecular weight excluding hydrogens is 180 g/mol. The fraction of sp³-hybridized carbons (Fsp3) is 0.556. The van der Waals surface area contributed by atoms with Gasteiger partial charge in [0.25, 0.3) is 0 Å². The number of anilines is 2. The molecule has 2 rings (SSSR count). The minimum Gasteiger partial charge on any atom is -0.382 e. The van der Waals surface area contributed by atoms with Gasteiger partial charge in [-0.05, 0) is 0 Å². The number of nitrogens with zero attached hydrogens (tertiary/aromatic N) is 3. The average molecular weight is 194 g/mol. The third-order valence-electron chi connectivity index (χ3n) is 2.44. The van der Waals surface area contributed by atoms with Crippen molar-refractivity contribution in [2.75, 3.05) is 37.4 Å². The molecule has 1 aliphatic rings. The number of nitrogen functional groups attached to an aromatic ring is 1. The highest BCUT2D eigenvalue weighted by atomic mass is 16.5. The normalized spacial score (nSPS) is 17.1. The van der Waals surface area contributed by atoms with Gasteiger partial charge in [0.2, 0.25) is 0 Å². The molecule has 76 valence electrons. The lowest BCUT2D eigenvalue weighted by molar-refractivity contribution is 0.141. The van der Waals surface area contributed by atoms with E-state index in [9.17, 15) is 0 Å². The zero-order valence-corrected chi connectivity index (χ0v) is 8.23. The van der Waals surface area contributed by atoms with Crippen LogP contribution in [-0.4, -0.2) is 37.0 Å². The van der Waals surface area contributed by atoms with Crippen LogP contribution in [0.3, 0.4) is 0 Å². The highest BCUT2D eigenvalue weighted by Crippen LogP contribution is 2.23. The van der Waals surface area contributed by atoms with E-state index in [0.29, 0.717) is 12.4 Å². The van der Waals surface area contributed by atoms with Crippen LogP contribution in [0.5, 0.6) is 0 Å². The summed E-state index contributed by atoms with van der Waals surface area (Å²) in [5.74, 6) is 0.514. The first kappa shape index (κ1) is 9.21. The standard InChI is InChI=1S/C9H14N4O/c1-13-3-5-14-4-2-7-8(13)6-11-12-9(7)10/h6H,2-5H2,1H3,(H2,10,12). The first-order valence-electron chi connectivity index (χ1n) is 4.68. The molecule has 0 radical (unpaired) electrons. The first-order chi connectivity index (χ1) is 6.79. The maximum Gasteiger partial charge on any atom is 0.151 e. The van der Waals surface area contributed by atoms with E-state index in [-0.39, 0.29) is 0 Å². The lowest BCUT2D eigenvalue weighted by Gasteiger charge is -2.24. The Kier molecular flexibility index (Phi) is 2.49. The van der Waals surface area contributed by atoms with Gasteiger partial charge in [-0.2, -0.15) is 5.10 Å². The summed E-state index contributed by atoms with van der Waals surface area (Å²) in [5.41, 5.74) is 7.88. The molecule has 0 spiro atoms. The topological polar surface area (TPSA) is 64.3 Å². The molecule has 0 aliphatic carbocycles. The molecule has 0 saturated carbocycles. The predicted octanol–water partition coefficient (Wildman–Crippen LogP) is 0.0677. The van der Waals surface area contributed by atoms with E-state index < -0.39 is 0 Å². The Balaban J connectivity index is 2.40. The van der Waals surface area contributed by atoms with Crippen molar-refractivity contribution in [3.05, 3.63) is 11.8 Å². The quantitative estimate of drug-likeness (QED) is 0.633. The minimum absolute atomic E-state index is 0.514. The Hall–Kier alpha value is -1.36. The van der Waals surface area contributed by atoms with Crippen LogP contribution in [0.25, 0.3) is 0 Å². The van der Waals surface area contributed by atoms with Crippen LogP contribution in [0.15, 0.2) is 6.20 Å². The van der Waals surface area contributed by atoms with E-state index in [1.165, 1.54) is 0 Å². The number of ether oxygens (including phenoxy) is 1. The van der Waals surface area contributed by atoms with Gasteiger partial charge in [0.1, 0.15) is 0 Å². The van der Waals surface area contributed by atoms with Gasteiger partial charge in [0, 0.05) is 25.6 Å². The molecule has 1 aliphatic heterocycles. The van der Waals surface area contributed by atoms with Crippen molar-refractivity contribution >= 4 is 11.5 Å². The smallest absolute Gasteiger partial charge is 0.151 e. The second kappa shape index (κ2) is 3.79. The van der Waals surface area contributed by atoms with Gasteiger partial charge in [-0.15, -0.1) is 5.10 Å². The van der Waals surface area contributed by atoms with Crippen molar-refractivity contribution in [3.8, 4) is 0 Å². The molecular formula is C9H14N4O. The molecule has 0 saturated heterocycles. The van der Waals surface area contributed by atoms with Crippen molar-refractivity contribution in [3.63, 3.8) is 0 Å². The van der Waals surface area contributed by atoms with E-state index in [4.69, 9.17) is 10.5 Å². The number of rotatable bonds is 0. The molecule has 1 aromatic rings. The van der Waals surface area contributed by atoms with Crippen LogP contribution in [-0.2, 0) is 11.2 Å². The number of hydrogen-bond acceptors (Lipinski definition) is 5. The molecule has 5 heteroatoms. The average Bonchev–Trinajstić information content (AvgIpc) is 2.16. The Morgan fingerprint density at radius 2 is 2.36 bits per heavy atom. The molecule has 0 aromatic carbocycles. The Morgan fingerprint density at radius 3 is 3.21 bits per heavy atom. The number of aromatic nitrogens is 2. The van der Waals surface area contributed by atoms with E-state index in [0.717, 1.165) is 30.8 Å². The predicted molar refractivity (Wildman–Crippen MR) is 54.2 cm³/mol. The third kappa shape index (κ3) is 1.63. The van der Waals surface area contributed by atoms with Crippen LogP contribution in [0.1, 0.15) is 5.56 Å². The zero-order valence-electron chi connectivity index (χ0n) is 8.23. The van der Waals surface area contributed by atoms with Crippen molar-refractivity contribution in [2.24, 2.45) is 0 Å². The lowest BCUT2D eigenvalue weighted by atomic mass is 10.1. The van der Waals surface area contributed by atoms with Gasteiger partial charge in [0.05, 0.1) is 25.1 Å². The summed E-state index contributed by atoms with van der Waals surface area (Å²) in [6, 6.07) is 0. The third-order valence-corrected chi connectivity index (χ3v) is 2.44. The zero-order chi connectivity index (χ0) is 9.97. The summed E-state index contributed by atoms with van der Waals surface area (Å²) < 4.78 is 5.41.